The Morgan fingerprint density at radius 1 is 0.524 bits per heavy atom. The molecule has 2 heterocycles. The Morgan fingerprint density at radius 2 is 0.886 bits per heavy atom. The first-order chi connectivity index (χ1) is 48.0. The number of nitrogens with one attached hydrogen (secondary N) is 8. The molecule has 2 saturated heterocycles. The summed E-state index contributed by atoms with van der Waals surface area (Å²) in [5.41, 5.74) is -2.33. The fraction of sp³-hybridized carbons (Fsp3) is 0.675. The number of fused-ring (bicyclic) bond motifs is 2. The summed E-state index contributed by atoms with van der Waals surface area (Å²) >= 11 is 0. The van der Waals surface area contributed by atoms with Crippen LogP contribution < -0.4 is 42.5 Å². The molecular weight excluding hydrogens is 1350 g/mol. The van der Waals surface area contributed by atoms with Crippen molar-refractivity contribution >= 4 is 77.0 Å². The maximum Gasteiger partial charge on any atom is 0.408 e. The van der Waals surface area contributed by atoms with Gasteiger partial charge in [0, 0.05) is 49.8 Å². The predicted molar refractivity (Wildman–Crippen MR) is 405 cm³/mol. The molecule has 12 amide bonds. The van der Waals surface area contributed by atoms with Gasteiger partial charge < -0.3 is 76.7 Å². The van der Waals surface area contributed by atoms with Crippen LogP contribution in [0.1, 0.15) is 189 Å². The second-order valence-electron chi connectivity index (χ2n) is 34.7. The van der Waals surface area contributed by atoms with Crippen LogP contribution in [0.5, 0.6) is 0 Å². The largest absolute Gasteiger partial charge is 0.444 e. The molecule has 594 valence electrons. The summed E-state index contributed by atoms with van der Waals surface area (Å²) in [6, 6.07) is 9.44. The van der Waals surface area contributed by atoms with Gasteiger partial charge in [-0.05, 0) is 123 Å². The number of likely N-dealkylation sites (N-methyl/N-ethyl adjacent to an activating group) is 2. The third-order valence-electron chi connectivity index (χ3n) is 20.5. The van der Waals surface area contributed by atoms with Crippen LogP contribution in [0.2, 0.25) is 0 Å². The van der Waals surface area contributed by atoms with E-state index in [0.29, 0.717) is 30.6 Å². The highest BCUT2D eigenvalue weighted by Crippen LogP contribution is 2.66. The van der Waals surface area contributed by atoms with E-state index in [0.717, 1.165) is 25.7 Å². The Bertz CT molecular complexity index is 3560. The Morgan fingerprint density at radius 3 is 1.24 bits per heavy atom. The monoisotopic (exact) mass is 1480 g/mol. The first-order valence-electron chi connectivity index (χ1n) is 36.1. The van der Waals surface area contributed by atoms with Crippen molar-refractivity contribution < 1.29 is 85.5 Å². The van der Waals surface area contributed by atoms with Crippen molar-refractivity contribution in [2.75, 3.05) is 54.4 Å². The van der Waals surface area contributed by atoms with Gasteiger partial charge in [0.05, 0.1) is 25.2 Å². The number of carbonyl (C=O) groups is 13. The third-order valence-corrected chi connectivity index (χ3v) is 20.5. The highest BCUT2D eigenvalue weighted by molar-refractivity contribution is 6.38. The van der Waals surface area contributed by atoms with Crippen LogP contribution >= 0.6 is 0 Å². The normalized spacial score (nSPS) is 22.3. The number of hydrogen-bond donors (Lipinski definition) is 9. The number of piperidine rings is 2. The van der Waals surface area contributed by atoms with E-state index in [1.54, 1.807) is 130 Å². The van der Waals surface area contributed by atoms with Gasteiger partial charge in [-0.2, -0.15) is 0 Å². The molecule has 0 radical (unpaired) electrons. The van der Waals surface area contributed by atoms with Gasteiger partial charge in [0.25, 0.3) is 11.8 Å². The molecule has 9 N–H and O–H groups in total. The van der Waals surface area contributed by atoms with Crippen LogP contribution in [0, 0.1) is 57.2 Å². The van der Waals surface area contributed by atoms with E-state index >= 15 is 0 Å². The highest BCUT2D eigenvalue weighted by Gasteiger charge is 2.71. The number of hydrogen-bond acceptors (Lipinski definition) is 16. The zero-order valence-corrected chi connectivity index (χ0v) is 64.4. The zero-order valence-electron chi connectivity index (χ0n) is 64.4. The number of rotatable bonds is 26. The summed E-state index contributed by atoms with van der Waals surface area (Å²) in [6.07, 6.45) is 0.872. The molecule has 2 aliphatic heterocycles. The minimum Gasteiger partial charge on any atom is -0.444 e. The fourth-order valence-corrected chi connectivity index (χ4v) is 14.2. The molecule has 13 atom stereocenters. The van der Waals surface area contributed by atoms with Gasteiger partial charge >= 0.3 is 12.2 Å². The predicted octanol–water partition coefficient (Wildman–Crippen LogP) is 6.55. The third kappa shape index (κ3) is 22.2. The van der Waals surface area contributed by atoms with E-state index in [1.807, 2.05) is 69.2 Å². The minimum atomic E-state index is -1.68. The summed E-state index contributed by atoms with van der Waals surface area (Å²) in [5, 5.41) is 32.5. The summed E-state index contributed by atoms with van der Waals surface area (Å²) in [6.45, 7) is 29.0. The number of alkyl carbamates (subject to hydrolysis) is 2. The smallest absolute Gasteiger partial charge is 0.408 e. The van der Waals surface area contributed by atoms with Crippen LogP contribution in [0.25, 0.3) is 0 Å². The van der Waals surface area contributed by atoms with Crippen LogP contribution in [-0.4, -0.2) is 210 Å². The van der Waals surface area contributed by atoms with Gasteiger partial charge in [-0.3, -0.25) is 52.7 Å². The Kier molecular flexibility index (Phi) is 27.1. The summed E-state index contributed by atoms with van der Waals surface area (Å²) in [5.74, 6) is -6.62. The van der Waals surface area contributed by atoms with E-state index < -0.39 is 155 Å². The SMILES string of the molecule is C.CN(C)C(=O)[C@@H](NC(=O)CNC(=O)C(=O)C(CC1CC1)NC(=O)C1[C@@H]2[C@H](CN1C(=O)[C@@H](NC(=O)OC(C)(C)C)C(C)(C)C)C2(C)C)c1ccccc1.CN(C)C(=O)[C@@H](NC(=O)CNC(=O)C(O)C(CC1CC1)NC(=O)C1[C@@H]2[C@H](CN1C(=O)[C@@H](NC(=O)OC(C)(C)C)C(C)(C)C)C2(C)C)c1ccccc1.[HH].[HH].[HH].[HH].[HH].[HH]. The van der Waals surface area contributed by atoms with Gasteiger partial charge in [-0.15, -0.1) is 0 Å². The van der Waals surface area contributed by atoms with E-state index in [2.05, 4.69) is 42.5 Å². The molecule has 0 bridgehead atoms. The van der Waals surface area contributed by atoms with Crippen molar-refractivity contribution in [3.05, 3.63) is 71.8 Å². The molecule has 105 heavy (non-hydrogen) atoms. The van der Waals surface area contributed by atoms with E-state index in [9.17, 15) is 67.4 Å². The second-order valence-corrected chi connectivity index (χ2v) is 34.7. The topological polar surface area (TPSA) is 370 Å². The lowest BCUT2D eigenvalue weighted by molar-refractivity contribution is -0.145. The van der Waals surface area contributed by atoms with Crippen LogP contribution in [0.15, 0.2) is 60.7 Å². The Balaban J connectivity index is 0.00000205. The van der Waals surface area contributed by atoms with Crippen molar-refractivity contribution in [3.8, 4) is 0 Å². The van der Waals surface area contributed by atoms with E-state index in [4.69, 9.17) is 9.47 Å². The van der Waals surface area contributed by atoms with Gasteiger partial charge in [-0.1, -0.05) is 163 Å². The van der Waals surface area contributed by atoms with Gasteiger partial charge in [0.1, 0.15) is 47.5 Å². The lowest BCUT2D eigenvalue weighted by Crippen LogP contribution is -2.61. The minimum absolute atomic E-state index is 0. The molecular formula is C77H130N12O16. The summed E-state index contributed by atoms with van der Waals surface area (Å²) < 4.78 is 10.9. The molecule has 28 nitrogen and oxygen atoms in total. The highest BCUT2D eigenvalue weighted by atomic mass is 16.6. The summed E-state index contributed by atoms with van der Waals surface area (Å²) in [4.78, 5) is 179. The Hall–Kier alpha value is -8.69. The zero-order chi connectivity index (χ0) is 77.8. The molecule has 6 aliphatic rings. The first-order valence-corrected chi connectivity index (χ1v) is 36.1. The fourth-order valence-electron chi connectivity index (χ4n) is 14.2. The average molecular weight is 1480 g/mol. The number of amides is 12. The lowest BCUT2D eigenvalue weighted by atomic mass is 9.85. The lowest BCUT2D eigenvalue weighted by Gasteiger charge is -2.38. The Labute approximate surface area is 628 Å². The van der Waals surface area contributed by atoms with E-state index in [-0.39, 0.29) is 80.6 Å². The standard InChI is InChI=1S/C38H58N6O8.C38H56N6O8.CH4.6H2/c2*1-36(2,3)30(42-35(51)52-37(4,5)6)34(50)44-20-23-26(38(23,7)8)28(44)31(47)40-24(18-21-16-17-21)29(46)32(48)39-19-25(45)41-27(33(49)43(9)10)22-14-12-11-13-15-22;;;;;;;/h11-15,21,23-24,26-30,46H,16-20H2,1-10H3,(H,39,48)(H,40,47)(H,41,45)(H,42,51);11-15,21,23-24,26-28,30H,16-20H2,1-10H3,(H,39,48)(H,40,47)(H,41,45)(H,42,51);1H4;6*1H/t23-,24?,26-,27-,28?,29?,30+;23-,24?,26-,27-,28?,30+;;;;;;;/m00......./s1. The number of aliphatic hydroxyl groups excluding tert-OH is 1. The van der Waals surface area contributed by atoms with Crippen LogP contribution in [-0.2, 0) is 62.2 Å². The second kappa shape index (κ2) is 33.4. The molecule has 8 rings (SSSR count). The van der Waals surface area contributed by atoms with E-state index in [1.165, 1.54) is 19.6 Å². The molecule has 0 spiro atoms. The molecule has 2 aromatic rings. The molecule has 6 fully saturated rings. The van der Waals surface area contributed by atoms with Crippen LogP contribution in [0.4, 0.5) is 9.59 Å². The number of ketones is 1. The number of Topliss-reactive ketones (excluding diaryl/α,β-unsaturated/α-hetero) is 1. The van der Waals surface area contributed by atoms with Crippen molar-refractivity contribution in [1.82, 2.24) is 62.1 Å². The number of likely N-dealkylation sites (tertiary alicyclic amines) is 2. The number of ether oxygens (including phenoxy) is 2. The van der Waals surface area contributed by atoms with Gasteiger partial charge in [-0.25, -0.2) is 9.59 Å². The maximum atomic E-state index is 14.2. The number of benzene rings is 2. The molecule has 28 heteroatoms. The number of nitrogens with zero attached hydrogens (tertiary/aromatic N) is 4. The van der Waals surface area contributed by atoms with Crippen molar-refractivity contribution in [2.45, 2.75) is 222 Å². The maximum absolute atomic E-state index is 14.2. The van der Waals surface area contributed by atoms with Crippen molar-refractivity contribution in [2.24, 2.45) is 57.2 Å². The number of aliphatic hydroxyl groups is 1. The average Bonchev–Trinajstić information content (AvgIpc) is 1.53. The summed E-state index contributed by atoms with van der Waals surface area (Å²) in [7, 11) is 6.28. The molecule has 4 aliphatic carbocycles. The molecule has 4 saturated carbocycles. The molecule has 2 aromatic carbocycles. The van der Waals surface area contributed by atoms with Crippen molar-refractivity contribution in [1.29, 1.82) is 0 Å². The van der Waals surface area contributed by atoms with Crippen molar-refractivity contribution in [3.63, 3.8) is 0 Å². The quantitative estimate of drug-likeness (QED) is 0.0451. The van der Waals surface area contributed by atoms with Gasteiger partial charge in [0.15, 0.2) is 6.10 Å². The van der Waals surface area contributed by atoms with Crippen LogP contribution in [0.3, 0.4) is 0 Å². The molecule has 0 aromatic heterocycles. The first kappa shape index (κ1) is 85.2. The molecule has 5 unspecified atom stereocenters. The van der Waals surface area contributed by atoms with Gasteiger partial charge in [0.2, 0.25) is 53.0 Å². The number of carbonyl (C=O) groups excluding carboxylic acids is 13.